The first-order valence-corrected chi connectivity index (χ1v) is 6.46. The summed E-state index contributed by atoms with van der Waals surface area (Å²) in [5.41, 5.74) is 1.13. The Morgan fingerprint density at radius 1 is 1.25 bits per heavy atom. The number of carboxylic acids is 1. The topological polar surface area (TPSA) is 100 Å². The number of aliphatic carboxylic acids is 1. The monoisotopic (exact) mass is 290 g/mol. The summed E-state index contributed by atoms with van der Waals surface area (Å²) in [5, 5.41) is 19.8. The molecule has 2 N–H and O–H groups in total. The average molecular weight is 290 g/mol. The molecular weight excluding hydrogens is 280 g/mol. The third-order valence-electron chi connectivity index (χ3n) is 2.40. The summed E-state index contributed by atoms with van der Waals surface area (Å²) < 4.78 is 0. The van der Waals surface area contributed by atoms with E-state index in [4.69, 9.17) is 10.2 Å². The third kappa shape index (κ3) is 3.48. The fourth-order valence-electron chi connectivity index (χ4n) is 1.44. The Kier molecular flexibility index (Phi) is 4.21. The molecule has 2 heterocycles. The van der Waals surface area contributed by atoms with Gasteiger partial charge in [-0.1, -0.05) is 0 Å². The van der Waals surface area contributed by atoms with Crippen LogP contribution in [0.1, 0.15) is 21.1 Å². The van der Waals surface area contributed by atoms with Gasteiger partial charge < -0.3 is 10.2 Å². The molecule has 0 unspecified atom stereocenters. The summed E-state index contributed by atoms with van der Waals surface area (Å²) >= 11 is 1.30. The highest BCUT2D eigenvalue weighted by atomic mass is 32.1. The van der Waals surface area contributed by atoms with Crippen LogP contribution in [0.5, 0.6) is 0 Å². The maximum absolute atomic E-state index is 11.7. The molecule has 0 saturated heterocycles. The minimum Gasteiger partial charge on any atom is -0.502 e. The number of thiazole rings is 1. The van der Waals surface area contributed by atoms with Crippen molar-refractivity contribution in [3.63, 3.8) is 0 Å². The standard InChI is InChI=1S/C13H10N2O4S/c16-10(6-11(17)13(18)19)9-7-20-12(15-9)5-8-1-3-14-4-2-8/h1-4,6-7,17H,5H2,(H,18,19). The molecule has 2 aromatic heterocycles. The zero-order chi connectivity index (χ0) is 14.5. The van der Waals surface area contributed by atoms with Crippen molar-refractivity contribution in [3.05, 3.63) is 58.0 Å². The number of aliphatic hydroxyl groups is 1. The Balaban J connectivity index is 2.11. The number of pyridine rings is 1. The number of hydrogen-bond acceptors (Lipinski definition) is 6. The smallest absolute Gasteiger partial charge is 0.371 e. The van der Waals surface area contributed by atoms with Gasteiger partial charge in [0.15, 0.2) is 0 Å². The molecule has 0 aliphatic heterocycles. The molecule has 0 atom stereocenters. The molecular formula is C13H10N2O4S. The third-order valence-corrected chi connectivity index (χ3v) is 3.24. The molecule has 0 fully saturated rings. The fourth-order valence-corrected chi connectivity index (χ4v) is 2.26. The molecule has 0 bridgehead atoms. The molecule has 2 aromatic rings. The number of aliphatic hydroxyl groups excluding tert-OH is 1. The van der Waals surface area contributed by atoms with Crippen LogP contribution in [0.25, 0.3) is 0 Å². The SMILES string of the molecule is O=C(O)C(O)=CC(=O)c1csc(Cc2ccncc2)n1. The van der Waals surface area contributed by atoms with Crippen LogP contribution in [-0.4, -0.2) is 31.9 Å². The van der Waals surface area contributed by atoms with Crippen LogP contribution in [-0.2, 0) is 11.2 Å². The minimum absolute atomic E-state index is 0.117. The Bertz CT molecular complexity index is 664. The van der Waals surface area contributed by atoms with Crippen LogP contribution in [0, 0.1) is 0 Å². The molecule has 102 valence electrons. The zero-order valence-corrected chi connectivity index (χ0v) is 11.0. The zero-order valence-electron chi connectivity index (χ0n) is 10.2. The number of carbonyl (C=O) groups excluding carboxylic acids is 1. The summed E-state index contributed by atoms with van der Waals surface area (Å²) in [6.45, 7) is 0. The second kappa shape index (κ2) is 6.07. The van der Waals surface area contributed by atoms with Crippen LogP contribution in [0.3, 0.4) is 0 Å². The Hall–Kier alpha value is -2.54. The van der Waals surface area contributed by atoms with Crippen molar-refractivity contribution < 1.29 is 19.8 Å². The second-order valence-electron chi connectivity index (χ2n) is 3.86. The van der Waals surface area contributed by atoms with E-state index in [1.54, 1.807) is 12.4 Å². The van der Waals surface area contributed by atoms with Crippen molar-refractivity contribution >= 4 is 23.1 Å². The highest BCUT2D eigenvalue weighted by Crippen LogP contribution is 2.15. The summed E-state index contributed by atoms with van der Waals surface area (Å²) in [7, 11) is 0. The first-order valence-electron chi connectivity index (χ1n) is 5.58. The van der Waals surface area contributed by atoms with E-state index in [-0.39, 0.29) is 5.69 Å². The lowest BCUT2D eigenvalue weighted by Crippen LogP contribution is -2.04. The number of allylic oxidation sites excluding steroid dienone is 1. The Labute approximate surface area is 118 Å². The van der Waals surface area contributed by atoms with Crippen molar-refractivity contribution in [2.24, 2.45) is 0 Å². The second-order valence-corrected chi connectivity index (χ2v) is 4.80. The van der Waals surface area contributed by atoms with E-state index in [1.165, 1.54) is 16.7 Å². The van der Waals surface area contributed by atoms with Gasteiger partial charge in [-0.2, -0.15) is 0 Å². The van der Waals surface area contributed by atoms with Gasteiger partial charge in [-0.25, -0.2) is 9.78 Å². The summed E-state index contributed by atoms with van der Waals surface area (Å²) in [4.78, 5) is 30.1. The maximum atomic E-state index is 11.7. The van der Waals surface area contributed by atoms with Gasteiger partial charge in [0, 0.05) is 30.3 Å². The van der Waals surface area contributed by atoms with Crippen molar-refractivity contribution in [1.29, 1.82) is 0 Å². The van der Waals surface area contributed by atoms with Gasteiger partial charge in [-0.15, -0.1) is 11.3 Å². The van der Waals surface area contributed by atoms with Crippen LogP contribution in [0.4, 0.5) is 0 Å². The van der Waals surface area contributed by atoms with Crippen molar-refractivity contribution in [3.8, 4) is 0 Å². The van der Waals surface area contributed by atoms with E-state index in [0.717, 1.165) is 10.6 Å². The van der Waals surface area contributed by atoms with E-state index >= 15 is 0 Å². The van der Waals surface area contributed by atoms with E-state index < -0.39 is 17.5 Å². The number of aromatic nitrogens is 2. The number of carbonyl (C=O) groups is 2. The van der Waals surface area contributed by atoms with Gasteiger partial charge in [-0.05, 0) is 17.7 Å². The fraction of sp³-hybridized carbons (Fsp3) is 0.0769. The van der Waals surface area contributed by atoms with Crippen molar-refractivity contribution in [2.75, 3.05) is 0 Å². The van der Waals surface area contributed by atoms with Gasteiger partial charge in [0.1, 0.15) is 5.69 Å². The summed E-state index contributed by atoms with van der Waals surface area (Å²) in [5.74, 6) is -3.19. The van der Waals surface area contributed by atoms with Gasteiger partial charge in [-0.3, -0.25) is 9.78 Å². The molecule has 0 spiro atoms. The summed E-state index contributed by atoms with van der Waals surface area (Å²) in [6, 6.07) is 3.69. The number of carboxylic acid groups (broad SMARTS) is 1. The van der Waals surface area contributed by atoms with Crippen molar-refractivity contribution in [1.82, 2.24) is 9.97 Å². The number of hydrogen-bond donors (Lipinski definition) is 2. The largest absolute Gasteiger partial charge is 0.502 e. The Morgan fingerprint density at radius 3 is 2.60 bits per heavy atom. The molecule has 0 saturated carbocycles. The molecule has 0 radical (unpaired) electrons. The molecule has 7 heteroatoms. The molecule has 0 aromatic carbocycles. The minimum atomic E-state index is -1.55. The summed E-state index contributed by atoms with van der Waals surface area (Å²) in [6.07, 6.45) is 4.55. The number of nitrogens with zero attached hydrogens (tertiary/aromatic N) is 2. The van der Waals surface area contributed by atoms with Crippen LogP contribution in [0.15, 0.2) is 41.7 Å². The van der Waals surface area contributed by atoms with Crippen LogP contribution < -0.4 is 0 Å². The lowest BCUT2D eigenvalue weighted by Gasteiger charge is -1.95. The number of ketones is 1. The van der Waals surface area contributed by atoms with E-state index in [1.807, 2.05) is 12.1 Å². The quantitative estimate of drug-likeness (QED) is 0.495. The van der Waals surface area contributed by atoms with Gasteiger partial charge in [0.2, 0.25) is 11.5 Å². The Morgan fingerprint density at radius 2 is 1.95 bits per heavy atom. The average Bonchev–Trinajstić information content (AvgIpc) is 2.88. The lowest BCUT2D eigenvalue weighted by atomic mass is 10.2. The van der Waals surface area contributed by atoms with E-state index in [2.05, 4.69) is 9.97 Å². The van der Waals surface area contributed by atoms with E-state index in [0.29, 0.717) is 12.5 Å². The highest BCUT2D eigenvalue weighted by Gasteiger charge is 2.13. The molecule has 20 heavy (non-hydrogen) atoms. The lowest BCUT2D eigenvalue weighted by molar-refractivity contribution is -0.135. The molecule has 2 rings (SSSR count). The number of rotatable bonds is 5. The van der Waals surface area contributed by atoms with Gasteiger partial charge in [0.05, 0.1) is 5.01 Å². The molecule has 0 aliphatic rings. The molecule has 0 aliphatic carbocycles. The molecule has 0 amide bonds. The predicted octanol–water partition coefficient (Wildman–Crippen LogP) is 1.84. The highest BCUT2D eigenvalue weighted by molar-refractivity contribution is 7.09. The predicted molar refractivity (Wildman–Crippen MR) is 71.8 cm³/mol. The van der Waals surface area contributed by atoms with E-state index in [9.17, 15) is 9.59 Å². The van der Waals surface area contributed by atoms with Crippen molar-refractivity contribution in [2.45, 2.75) is 6.42 Å². The van der Waals surface area contributed by atoms with Gasteiger partial charge >= 0.3 is 5.97 Å². The first kappa shape index (κ1) is 13.9. The maximum Gasteiger partial charge on any atom is 0.371 e. The normalized spacial score (nSPS) is 11.3. The molecule has 6 nitrogen and oxygen atoms in total. The van der Waals surface area contributed by atoms with Crippen LogP contribution in [0.2, 0.25) is 0 Å². The van der Waals surface area contributed by atoms with Crippen LogP contribution >= 0.6 is 11.3 Å². The van der Waals surface area contributed by atoms with Gasteiger partial charge in [0.25, 0.3) is 0 Å². The first-order chi connectivity index (χ1) is 9.56.